The van der Waals surface area contributed by atoms with Crippen LogP contribution in [0.2, 0.25) is 0 Å². The standard InChI is InChI=1S/C25H27FN4O4/c1-34-23(32)19-4-7-21(28-16-19)22(31)29-25(10-12-27-13-11-25)24(33)30-14-8-18(9-15-30)17-2-5-20(26)6-3-17/h2-8,16,27H,9-15H2,1H3,(H,29,31). The Balaban J connectivity index is 1.48. The smallest absolute Gasteiger partial charge is 0.339 e. The van der Waals surface area contributed by atoms with Crippen LogP contribution in [0.1, 0.15) is 45.7 Å². The Hall–Kier alpha value is -3.59. The summed E-state index contributed by atoms with van der Waals surface area (Å²) in [6, 6.07) is 9.26. The number of ether oxygens (including phenoxy) is 1. The molecular formula is C25H27FN4O4. The number of methoxy groups -OCH3 is 1. The molecule has 2 amide bonds. The number of rotatable bonds is 5. The van der Waals surface area contributed by atoms with Gasteiger partial charge in [-0.15, -0.1) is 0 Å². The third kappa shape index (κ3) is 4.99. The quantitative estimate of drug-likeness (QED) is 0.656. The summed E-state index contributed by atoms with van der Waals surface area (Å²) in [5.74, 6) is -1.41. The Kier molecular flexibility index (Phi) is 7.02. The maximum Gasteiger partial charge on any atom is 0.339 e. The minimum atomic E-state index is -1.04. The molecule has 0 spiro atoms. The van der Waals surface area contributed by atoms with Crippen LogP contribution in [0.3, 0.4) is 0 Å². The average Bonchev–Trinajstić information content (AvgIpc) is 2.89. The normalized spacial score (nSPS) is 17.5. The van der Waals surface area contributed by atoms with E-state index in [4.69, 9.17) is 0 Å². The summed E-state index contributed by atoms with van der Waals surface area (Å²) in [5, 5.41) is 6.18. The summed E-state index contributed by atoms with van der Waals surface area (Å²) in [7, 11) is 1.27. The van der Waals surface area contributed by atoms with Crippen molar-refractivity contribution >= 4 is 23.4 Å². The maximum atomic E-state index is 13.6. The van der Waals surface area contributed by atoms with E-state index in [0.29, 0.717) is 45.4 Å². The van der Waals surface area contributed by atoms with Crippen molar-refractivity contribution in [2.45, 2.75) is 24.8 Å². The molecule has 1 aromatic carbocycles. The van der Waals surface area contributed by atoms with Gasteiger partial charge >= 0.3 is 5.97 Å². The highest BCUT2D eigenvalue weighted by molar-refractivity contribution is 5.99. The van der Waals surface area contributed by atoms with Crippen molar-refractivity contribution in [3.63, 3.8) is 0 Å². The van der Waals surface area contributed by atoms with Crippen LogP contribution < -0.4 is 10.6 Å². The fourth-order valence-electron chi connectivity index (χ4n) is 4.38. The molecule has 1 saturated heterocycles. The van der Waals surface area contributed by atoms with Gasteiger partial charge in [-0.25, -0.2) is 9.18 Å². The lowest BCUT2D eigenvalue weighted by atomic mass is 9.85. The highest BCUT2D eigenvalue weighted by Gasteiger charge is 2.44. The molecular weight excluding hydrogens is 439 g/mol. The molecule has 178 valence electrons. The van der Waals surface area contributed by atoms with Gasteiger partial charge in [0, 0.05) is 19.3 Å². The van der Waals surface area contributed by atoms with E-state index >= 15 is 0 Å². The number of hydrogen-bond donors (Lipinski definition) is 2. The third-order valence-corrected chi connectivity index (χ3v) is 6.35. The van der Waals surface area contributed by atoms with Gasteiger partial charge in [-0.1, -0.05) is 18.2 Å². The molecule has 3 heterocycles. The molecule has 2 N–H and O–H groups in total. The molecule has 4 rings (SSSR count). The largest absolute Gasteiger partial charge is 0.465 e. The number of amides is 2. The van der Waals surface area contributed by atoms with E-state index in [-0.39, 0.29) is 23.0 Å². The number of esters is 1. The minimum absolute atomic E-state index is 0.121. The number of pyridine rings is 1. The molecule has 1 aromatic heterocycles. The van der Waals surface area contributed by atoms with Crippen molar-refractivity contribution in [3.8, 4) is 0 Å². The van der Waals surface area contributed by atoms with E-state index in [1.54, 1.807) is 17.0 Å². The topological polar surface area (TPSA) is 101 Å². The van der Waals surface area contributed by atoms with Crippen molar-refractivity contribution in [2.24, 2.45) is 0 Å². The third-order valence-electron chi connectivity index (χ3n) is 6.35. The van der Waals surface area contributed by atoms with Crippen LogP contribution in [0.4, 0.5) is 4.39 Å². The molecule has 0 unspecified atom stereocenters. The molecule has 0 bridgehead atoms. The Morgan fingerprint density at radius 2 is 1.85 bits per heavy atom. The van der Waals surface area contributed by atoms with Crippen LogP contribution >= 0.6 is 0 Å². The predicted octanol–water partition coefficient (Wildman–Crippen LogP) is 2.18. The lowest BCUT2D eigenvalue weighted by molar-refractivity contribution is -0.138. The fourth-order valence-corrected chi connectivity index (χ4v) is 4.38. The van der Waals surface area contributed by atoms with Crippen molar-refractivity contribution in [3.05, 3.63) is 71.3 Å². The van der Waals surface area contributed by atoms with Crippen LogP contribution in [0.15, 0.2) is 48.7 Å². The number of piperidine rings is 1. The van der Waals surface area contributed by atoms with Gasteiger partial charge in [0.1, 0.15) is 17.1 Å². The molecule has 8 nitrogen and oxygen atoms in total. The summed E-state index contributed by atoms with van der Waals surface area (Å²) in [6.45, 7) is 2.14. The number of nitrogens with one attached hydrogen (secondary N) is 2. The van der Waals surface area contributed by atoms with Gasteiger partial charge in [-0.05, 0) is 67.8 Å². The zero-order valence-corrected chi connectivity index (χ0v) is 19.0. The number of nitrogens with zero attached hydrogens (tertiary/aromatic N) is 2. The van der Waals surface area contributed by atoms with Gasteiger partial charge in [0.2, 0.25) is 5.91 Å². The molecule has 0 atom stereocenters. The van der Waals surface area contributed by atoms with E-state index in [1.165, 1.54) is 37.6 Å². The Labute approximate surface area is 197 Å². The predicted molar refractivity (Wildman–Crippen MR) is 123 cm³/mol. The molecule has 0 radical (unpaired) electrons. The second-order valence-electron chi connectivity index (χ2n) is 8.45. The maximum absolute atomic E-state index is 13.6. The molecule has 9 heteroatoms. The van der Waals surface area contributed by atoms with Crippen LogP contribution in [0, 0.1) is 5.82 Å². The first-order valence-corrected chi connectivity index (χ1v) is 11.2. The van der Waals surface area contributed by atoms with Gasteiger partial charge in [-0.3, -0.25) is 14.6 Å². The van der Waals surface area contributed by atoms with Crippen LogP contribution in [0.25, 0.3) is 5.57 Å². The van der Waals surface area contributed by atoms with Gasteiger partial charge in [0.15, 0.2) is 0 Å². The number of hydrogen-bond acceptors (Lipinski definition) is 6. The second-order valence-corrected chi connectivity index (χ2v) is 8.45. The number of benzene rings is 1. The first-order chi connectivity index (χ1) is 16.4. The molecule has 1 fully saturated rings. The van der Waals surface area contributed by atoms with E-state index in [0.717, 1.165) is 11.1 Å². The molecule has 34 heavy (non-hydrogen) atoms. The number of aromatic nitrogens is 1. The van der Waals surface area contributed by atoms with Crippen molar-refractivity contribution in [2.75, 3.05) is 33.3 Å². The Bertz CT molecular complexity index is 1090. The summed E-state index contributed by atoms with van der Waals surface area (Å²) < 4.78 is 17.9. The zero-order chi connectivity index (χ0) is 24.1. The van der Waals surface area contributed by atoms with E-state index in [9.17, 15) is 18.8 Å². The molecule has 2 aliphatic heterocycles. The van der Waals surface area contributed by atoms with Gasteiger partial charge in [-0.2, -0.15) is 0 Å². The van der Waals surface area contributed by atoms with Crippen molar-refractivity contribution in [1.29, 1.82) is 0 Å². The number of carbonyl (C=O) groups excluding carboxylic acids is 3. The molecule has 0 aliphatic carbocycles. The van der Waals surface area contributed by atoms with E-state index in [2.05, 4.69) is 20.4 Å². The Morgan fingerprint density at radius 1 is 1.12 bits per heavy atom. The summed E-state index contributed by atoms with van der Waals surface area (Å²) in [5.41, 5.74) is 1.34. The highest BCUT2D eigenvalue weighted by Crippen LogP contribution is 2.27. The lowest BCUT2D eigenvalue weighted by Crippen LogP contribution is -2.64. The zero-order valence-electron chi connectivity index (χ0n) is 19.0. The van der Waals surface area contributed by atoms with E-state index < -0.39 is 17.4 Å². The Morgan fingerprint density at radius 3 is 2.44 bits per heavy atom. The van der Waals surface area contributed by atoms with Gasteiger partial charge in [0.05, 0.1) is 12.7 Å². The van der Waals surface area contributed by atoms with Gasteiger partial charge in [0.25, 0.3) is 5.91 Å². The first kappa shape index (κ1) is 23.6. The minimum Gasteiger partial charge on any atom is -0.465 e. The van der Waals surface area contributed by atoms with Crippen molar-refractivity contribution in [1.82, 2.24) is 20.5 Å². The summed E-state index contributed by atoms with van der Waals surface area (Å²) >= 11 is 0. The van der Waals surface area contributed by atoms with Gasteiger partial charge < -0.3 is 20.3 Å². The number of carbonyl (C=O) groups is 3. The van der Waals surface area contributed by atoms with E-state index in [1.807, 2.05) is 6.08 Å². The number of halogens is 1. The molecule has 0 saturated carbocycles. The average molecular weight is 467 g/mol. The van der Waals surface area contributed by atoms with Crippen LogP contribution in [-0.4, -0.2) is 66.5 Å². The lowest BCUT2D eigenvalue weighted by Gasteiger charge is -2.41. The fraction of sp³-hybridized carbons (Fsp3) is 0.360. The monoisotopic (exact) mass is 466 g/mol. The SMILES string of the molecule is COC(=O)c1ccc(C(=O)NC2(C(=O)N3CC=C(c4ccc(F)cc4)CC3)CCNCC2)nc1. The van der Waals surface area contributed by atoms with Crippen molar-refractivity contribution < 1.29 is 23.5 Å². The summed E-state index contributed by atoms with van der Waals surface area (Å²) in [4.78, 5) is 44.1. The molecule has 2 aliphatic rings. The molecule has 2 aromatic rings. The van der Waals surface area contributed by atoms with Crippen LogP contribution in [-0.2, 0) is 9.53 Å². The van der Waals surface area contributed by atoms with Crippen LogP contribution in [0.5, 0.6) is 0 Å². The highest BCUT2D eigenvalue weighted by atomic mass is 19.1. The summed E-state index contributed by atoms with van der Waals surface area (Å²) in [6.07, 6.45) is 4.84. The first-order valence-electron chi connectivity index (χ1n) is 11.2. The second kappa shape index (κ2) is 10.1.